The molecule has 0 amide bonds. The van der Waals surface area contributed by atoms with Crippen LogP contribution in [0.15, 0.2) is 11.6 Å². The third-order valence-electron chi connectivity index (χ3n) is 2.59. The predicted molar refractivity (Wildman–Crippen MR) is 73.6 cm³/mol. The summed E-state index contributed by atoms with van der Waals surface area (Å²) in [5.41, 5.74) is 1.12. The summed E-state index contributed by atoms with van der Waals surface area (Å²) in [7, 11) is 0. The van der Waals surface area contributed by atoms with Gasteiger partial charge < -0.3 is 5.32 Å². The zero-order chi connectivity index (χ0) is 12.3. The highest BCUT2D eigenvalue weighted by atomic mass is 32.1. The Morgan fingerprint density at radius 2 is 2.29 bits per heavy atom. The van der Waals surface area contributed by atoms with E-state index in [4.69, 9.17) is 0 Å². The van der Waals surface area contributed by atoms with Gasteiger partial charge in [0.25, 0.3) is 0 Å². The Kier molecular flexibility index (Phi) is 4.25. The molecule has 0 aliphatic rings. The molecule has 2 rings (SSSR count). The second-order valence-electron chi connectivity index (χ2n) is 3.97. The molecule has 3 nitrogen and oxygen atoms in total. The lowest BCUT2D eigenvalue weighted by Gasteiger charge is -2.09. The normalized spacial score (nSPS) is 12.9. The lowest BCUT2D eigenvalue weighted by Crippen LogP contribution is -2.18. The van der Waals surface area contributed by atoms with Gasteiger partial charge in [-0.25, -0.2) is 9.97 Å². The van der Waals surface area contributed by atoms with E-state index in [2.05, 4.69) is 34.5 Å². The van der Waals surface area contributed by atoms with E-state index < -0.39 is 0 Å². The van der Waals surface area contributed by atoms with E-state index in [0.29, 0.717) is 0 Å². The van der Waals surface area contributed by atoms with Crippen LogP contribution in [0, 0.1) is 6.92 Å². The molecule has 2 heterocycles. The molecular formula is C12H17N3S2. The molecule has 0 fully saturated rings. The Hall–Kier alpha value is -0.780. The van der Waals surface area contributed by atoms with Crippen molar-refractivity contribution >= 4 is 22.7 Å². The first kappa shape index (κ1) is 12.7. The van der Waals surface area contributed by atoms with E-state index >= 15 is 0 Å². The van der Waals surface area contributed by atoms with Gasteiger partial charge in [0.2, 0.25) is 0 Å². The van der Waals surface area contributed by atoms with Crippen LogP contribution in [0.5, 0.6) is 0 Å². The van der Waals surface area contributed by atoms with E-state index in [1.165, 1.54) is 4.88 Å². The number of nitrogens with zero attached hydrogens (tertiary/aromatic N) is 2. The first-order valence-electron chi connectivity index (χ1n) is 5.78. The molecule has 0 saturated heterocycles. The molecule has 1 unspecified atom stereocenters. The maximum atomic E-state index is 4.48. The van der Waals surface area contributed by atoms with Gasteiger partial charge in [0, 0.05) is 29.0 Å². The Morgan fingerprint density at radius 3 is 2.88 bits per heavy atom. The van der Waals surface area contributed by atoms with Gasteiger partial charge in [-0.15, -0.1) is 22.7 Å². The van der Waals surface area contributed by atoms with E-state index in [9.17, 15) is 0 Å². The summed E-state index contributed by atoms with van der Waals surface area (Å²) < 4.78 is 0. The fourth-order valence-electron chi connectivity index (χ4n) is 1.52. The minimum atomic E-state index is 0.286. The first-order chi connectivity index (χ1) is 8.19. The summed E-state index contributed by atoms with van der Waals surface area (Å²) in [6.07, 6.45) is 3.04. The minimum absolute atomic E-state index is 0.286. The van der Waals surface area contributed by atoms with Crippen molar-refractivity contribution in [1.82, 2.24) is 15.3 Å². The Bertz CT molecular complexity index is 476. The third kappa shape index (κ3) is 3.34. The monoisotopic (exact) mass is 267 g/mol. The standard InChI is InChI=1S/C12H17N3S2/c1-4-10-5-14-12(17-10)6-13-8(2)11-7-16-9(3)15-11/h5,7-8,13H,4,6H2,1-3H3. The third-order valence-corrected chi connectivity index (χ3v) is 4.52. The largest absolute Gasteiger partial charge is 0.302 e. The van der Waals surface area contributed by atoms with Gasteiger partial charge in [0.15, 0.2) is 0 Å². The topological polar surface area (TPSA) is 37.8 Å². The van der Waals surface area contributed by atoms with Crippen molar-refractivity contribution in [1.29, 1.82) is 0 Å². The molecule has 5 heteroatoms. The van der Waals surface area contributed by atoms with Crippen LogP contribution in [0.4, 0.5) is 0 Å². The molecule has 17 heavy (non-hydrogen) atoms. The van der Waals surface area contributed by atoms with Crippen LogP contribution in [0.25, 0.3) is 0 Å². The van der Waals surface area contributed by atoms with Crippen LogP contribution < -0.4 is 5.32 Å². The van der Waals surface area contributed by atoms with Crippen molar-refractivity contribution in [2.75, 3.05) is 0 Å². The van der Waals surface area contributed by atoms with Gasteiger partial charge in [0.1, 0.15) is 5.01 Å². The number of hydrogen-bond donors (Lipinski definition) is 1. The van der Waals surface area contributed by atoms with Crippen LogP contribution in [-0.2, 0) is 13.0 Å². The lowest BCUT2D eigenvalue weighted by molar-refractivity contribution is 0.562. The molecule has 1 atom stereocenters. The fraction of sp³-hybridized carbons (Fsp3) is 0.500. The Balaban J connectivity index is 1.89. The van der Waals surface area contributed by atoms with Gasteiger partial charge in [-0.2, -0.15) is 0 Å². The van der Waals surface area contributed by atoms with Crippen molar-refractivity contribution in [2.24, 2.45) is 0 Å². The highest BCUT2D eigenvalue weighted by Crippen LogP contribution is 2.18. The fourth-order valence-corrected chi connectivity index (χ4v) is 3.04. The van der Waals surface area contributed by atoms with Crippen molar-refractivity contribution < 1.29 is 0 Å². The molecular weight excluding hydrogens is 250 g/mol. The maximum absolute atomic E-state index is 4.48. The van der Waals surface area contributed by atoms with Gasteiger partial charge >= 0.3 is 0 Å². The lowest BCUT2D eigenvalue weighted by atomic mass is 10.2. The van der Waals surface area contributed by atoms with Gasteiger partial charge in [-0.05, 0) is 20.3 Å². The molecule has 2 aromatic heterocycles. The quantitative estimate of drug-likeness (QED) is 0.903. The summed E-state index contributed by atoms with van der Waals surface area (Å²) in [5.74, 6) is 0. The Morgan fingerprint density at radius 1 is 1.47 bits per heavy atom. The van der Waals surface area contributed by atoms with Gasteiger partial charge in [-0.1, -0.05) is 6.92 Å². The molecule has 0 spiro atoms. The highest BCUT2D eigenvalue weighted by molar-refractivity contribution is 7.11. The van der Waals surface area contributed by atoms with E-state index in [0.717, 1.165) is 28.7 Å². The first-order valence-corrected chi connectivity index (χ1v) is 7.47. The van der Waals surface area contributed by atoms with E-state index in [1.54, 1.807) is 22.7 Å². The number of hydrogen-bond acceptors (Lipinski definition) is 5. The second-order valence-corrected chi connectivity index (χ2v) is 6.23. The van der Waals surface area contributed by atoms with Crippen molar-refractivity contribution in [3.8, 4) is 0 Å². The smallest absolute Gasteiger partial charge is 0.107 e. The molecule has 2 aromatic rings. The SMILES string of the molecule is CCc1cnc(CNC(C)c2csc(C)n2)s1. The summed E-state index contributed by atoms with van der Waals surface area (Å²) in [4.78, 5) is 10.2. The number of nitrogens with one attached hydrogen (secondary N) is 1. The summed E-state index contributed by atoms with van der Waals surface area (Å²) in [5, 5.41) is 7.85. The Labute approximate surface area is 110 Å². The van der Waals surface area contributed by atoms with Crippen LogP contribution >= 0.6 is 22.7 Å². The summed E-state index contributed by atoms with van der Waals surface area (Å²) >= 11 is 3.48. The van der Waals surface area contributed by atoms with E-state index in [-0.39, 0.29) is 6.04 Å². The van der Waals surface area contributed by atoms with Crippen molar-refractivity contribution in [3.63, 3.8) is 0 Å². The molecule has 0 aliphatic carbocycles. The number of aromatic nitrogens is 2. The van der Waals surface area contributed by atoms with Gasteiger partial charge in [-0.3, -0.25) is 0 Å². The predicted octanol–water partition coefficient (Wildman–Crippen LogP) is 3.32. The van der Waals surface area contributed by atoms with Crippen LogP contribution in [-0.4, -0.2) is 9.97 Å². The van der Waals surface area contributed by atoms with Crippen molar-refractivity contribution in [2.45, 2.75) is 39.8 Å². The number of thiazole rings is 2. The summed E-state index contributed by atoms with van der Waals surface area (Å²) in [6.45, 7) is 7.16. The average Bonchev–Trinajstić information content (AvgIpc) is 2.94. The molecule has 0 aromatic carbocycles. The number of aryl methyl sites for hydroxylation is 2. The van der Waals surface area contributed by atoms with Crippen LogP contribution in [0.2, 0.25) is 0 Å². The molecule has 92 valence electrons. The van der Waals surface area contributed by atoms with Crippen LogP contribution in [0.1, 0.15) is 40.5 Å². The van der Waals surface area contributed by atoms with E-state index in [1.807, 2.05) is 13.1 Å². The zero-order valence-electron chi connectivity index (χ0n) is 10.4. The highest BCUT2D eigenvalue weighted by Gasteiger charge is 2.09. The molecule has 0 bridgehead atoms. The molecule has 0 radical (unpaired) electrons. The maximum Gasteiger partial charge on any atom is 0.107 e. The second kappa shape index (κ2) is 5.71. The van der Waals surface area contributed by atoms with Crippen LogP contribution in [0.3, 0.4) is 0 Å². The average molecular weight is 267 g/mol. The molecule has 0 saturated carbocycles. The molecule has 1 N–H and O–H groups in total. The zero-order valence-corrected chi connectivity index (χ0v) is 12.0. The summed E-state index contributed by atoms with van der Waals surface area (Å²) in [6, 6.07) is 0.286. The number of rotatable bonds is 5. The minimum Gasteiger partial charge on any atom is -0.302 e. The molecule has 0 aliphatic heterocycles. The van der Waals surface area contributed by atoms with Crippen molar-refractivity contribution in [3.05, 3.63) is 32.2 Å². The van der Waals surface area contributed by atoms with Gasteiger partial charge in [0.05, 0.1) is 10.7 Å².